The molecule has 2 unspecified atom stereocenters. The third-order valence-electron chi connectivity index (χ3n) is 5.93. The van der Waals surface area contributed by atoms with Gasteiger partial charge in [-0.25, -0.2) is 19.0 Å². The summed E-state index contributed by atoms with van der Waals surface area (Å²) in [4.78, 5) is 32.2. The molecule has 9 nitrogen and oxygen atoms in total. The Morgan fingerprint density at radius 2 is 1.92 bits per heavy atom. The molecule has 0 aliphatic heterocycles. The van der Waals surface area contributed by atoms with Crippen molar-refractivity contribution in [3.05, 3.63) is 23.4 Å². The highest BCUT2D eigenvalue weighted by atomic mass is 19.1. The monoisotopic (exact) mass is 511 g/mol. The second kappa shape index (κ2) is 17.1. The Kier molecular flexibility index (Phi) is 15.0. The molecule has 0 radical (unpaired) electrons. The Morgan fingerprint density at radius 3 is 2.50 bits per heavy atom. The van der Waals surface area contributed by atoms with Crippen LogP contribution in [0.25, 0.3) is 0 Å². The van der Waals surface area contributed by atoms with E-state index >= 15 is 0 Å². The van der Waals surface area contributed by atoms with Crippen LogP contribution in [0.5, 0.6) is 0 Å². The molecule has 2 amide bonds. The number of carbonyl (C=O) groups is 2. The van der Waals surface area contributed by atoms with Gasteiger partial charge in [-0.2, -0.15) is 0 Å². The molecule has 206 valence electrons. The predicted octanol–water partition coefficient (Wildman–Crippen LogP) is 3.44. The third-order valence-corrected chi connectivity index (χ3v) is 5.93. The van der Waals surface area contributed by atoms with Crippen LogP contribution in [0.1, 0.15) is 51.3 Å². The summed E-state index contributed by atoms with van der Waals surface area (Å²) in [6, 6.07) is 2.67. The number of methoxy groups -OCH3 is 1. The maximum atomic E-state index is 14.3. The van der Waals surface area contributed by atoms with Crippen molar-refractivity contribution in [1.82, 2.24) is 20.1 Å². The first-order chi connectivity index (χ1) is 17.1. The zero-order valence-electron chi connectivity index (χ0n) is 22.8. The number of urea groups is 1. The lowest BCUT2D eigenvalue weighted by molar-refractivity contribution is -0.139. The van der Waals surface area contributed by atoms with Crippen LogP contribution in [0.4, 0.5) is 15.0 Å². The second-order valence-corrected chi connectivity index (χ2v) is 9.63. The van der Waals surface area contributed by atoms with Crippen molar-refractivity contribution in [3.63, 3.8) is 0 Å². The maximum absolute atomic E-state index is 14.3. The number of ether oxygens (including phenoxy) is 1. The summed E-state index contributed by atoms with van der Waals surface area (Å²) in [5, 5.41) is 15.4. The number of carbonyl (C=O) groups excluding carboxylic acids is 1. The molecule has 1 aromatic rings. The van der Waals surface area contributed by atoms with Crippen LogP contribution in [0.2, 0.25) is 0 Å². The van der Waals surface area contributed by atoms with Gasteiger partial charge in [0, 0.05) is 46.5 Å². The highest BCUT2D eigenvalue weighted by Crippen LogP contribution is 2.15. The highest BCUT2D eigenvalue weighted by molar-refractivity contribution is 5.82. The quantitative estimate of drug-likeness (QED) is 0.259. The number of alkyl halides is 1. The lowest BCUT2D eigenvalue weighted by Gasteiger charge is -2.27. The summed E-state index contributed by atoms with van der Waals surface area (Å²) in [6.45, 7) is 7.69. The minimum Gasteiger partial charge on any atom is -0.480 e. The standard InChI is InChI=1S/C26H46FN5O4/c1-7-20-11-12-22(29-24(20)28-4)10-8-9-14-32(17-21(27)18-36-6)15-13-23(25(33)34)30-26(35)31(5)16-19(2)3/h11-12,19,21,23H,7-10,13-18H2,1-6H3,(H,28,29)(H,30,35)(H,33,34). The van der Waals surface area contributed by atoms with Gasteiger partial charge < -0.3 is 30.3 Å². The number of carboxylic acid groups (broad SMARTS) is 1. The number of hydrogen-bond acceptors (Lipinski definition) is 6. The molecule has 0 fully saturated rings. The van der Waals surface area contributed by atoms with E-state index in [4.69, 9.17) is 4.74 Å². The fourth-order valence-corrected chi connectivity index (χ4v) is 4.08. The predicted molar refractivity (Wildman–Crippen MR) is 141 cm³/mol. The number of unbranched alkanes of at least 4 members (excludes halogenated alkanes) is 1. The SMILES string of the molecule is CCc1ccc(CCCCN(CCC(NC(=O)N(C)CC(C)C)C(=O)O)CC(F)COC)nc1NC. The number of pyridine rings is 1. The minimum absolute atomic E-state index is 0.0178. The number of aryl methyl sites for hydroxylation is 2. The van der Waals surface area contributed by atoms with Crippen LogP contribution < -0.4 is 10.6 Å². The van der Waals surface area contributed by atoms with E-state index in [0.717, 1.165) is 37.2 Å². The van der Waals surface area contributed by atoms with E-state index in [1.165, 1.54) is 17.6 Å². The average Bonchev–Trinajstić information content (AvgIpc) is 2.83. The number of nitrogens with zero attached hydrogens (tertiary/aromatic N) is 3. The van der Waals surface area contributed by atoms with Crippen molar-refractivity contribution in [2.45, 2.75) is 65.1 Å². The number of aliphatic carboxylic acids is 1. The van der Waals surface area contributed by atoms with E-state index in [-0.39, 0.29) is 25.5 Å². The van der Waals surface area contributed by atoms with E-state index in [1.54, 1.807) is 7.05 Å². The first-order valence-electron chi connectivity index (χ1n) is 12.9. The number of anilines is 1. The van der Waals surface area contributed by atoms with Crippen molar-refractivity contribution < 1.29 is 23.8 Å². The topological polar surface area (TPSA) is 107 Å². The third kappa shape index (κ3) is 12.0. The van der Waals surface area contributed by atoms with Gasteiger partial charge in [-0.3, -0.25) is 0 Å². The van der Waals surface area contributed by atoms with Crippen molar-refractivity contribution in [2.24, 2.45) is 5.92 Å². The molecular formula is C26H46FN5O4. The zero-order valence-corrected chi connectivity index (χ0v) is 22.8. The van der Waals surface area contributed by atoms with Crippen molar-refractivity contribution in [1.29, 1.82) is 0 Å². The Morgan fingerprint density at radius 1 is 1.19 bits per heavy atom. The molecule has 0 saturated heterocycles. The van der Waals surface area contributed by atoms with Gasteiger partial charge in [0.15, 0.2) is 0 Å². The summed E-state index contributed by atoms with van der Waals surface area (Å²) < 4.78 is 19.3. The van der Waals surface area contributed by atoms with E-state index in [1.807, 2.05) is 31.9 Å². The number of nitrogens with one attached hydrogen (secondary N) is 2. The molecular weight excluding hydrogens is 465 g/mol. The molecule has 0 bridgehead atoms. The molecule has 0 saturated carbocycles. The molecule has 0 spiro atoms. The lowest BCUT2D eigenvalue weighted by atomic mass is 10.1. The normalized spacial score (nSPS) is 13.0. The summed E-state index contributed by atoms with van der Waals surface area (Å²) in [5.74, 6) is 0.0699. The fraction of sp³-hybridized carbons (Fsp3) is 0.731. The Bertz CT molecular complexity index is 796. The van der Waals surface area contributed by atoms with Gasteiger partial charge in [0.25, 0.3) is 0 Å². The average molecular weight is 512 g/mol. The number of carboxylic acids is 1. The van der Waals surface area contributed by atoms with Gasteiger partial charge >= 0.3 is 12.0 Å². The Hall–Kier alpha value is -2.46. The molecule has 0 aliphatic rings. The van der Waals surface area contributed by atoms with Gasteiger partial charge in [-0.15, -0.1) is 0 Å². The van der Waals surface area contributed by atoms with Crippen LogP contribution in [-0.2, 0) is 22.4 Å². The lowest BCUT2D eigenvalue weighted by Crippen LogP contribution is -2.49. The number of hydrogen-bond donors (Lipinski definition) is 3. The smallest absolute Gasteiger partial charge is 0.326 e. The molecule has 0 aliphatic carbocycles. The molecule has 0 aromatic carbocycles. The van der Waals surface area contributed by atoms with Gasteiger partial charge in [-0.1, -0.05) is 26.8 Å². The largest absolute Gasteiger partial charge is 0.480 e. The van der Waals surface area contributed by atoms with Crippen LogP contribution in [0, 0.1) is 5.92 Å². The molecule has 36 heavy (non-hydrogen) atoms. The number of rotatable bonds is 18. The van der Waals surface area contributed by atoms with E-state index in [2.05, 4.69) is 28.6 Å². The first kappa shape index (κ1) is 31.6. The highest BCUT2D eigenvalue weighted by Gasteiger charge is 2.24. The van der Waals surface area contributed by atoms with Crippen molar-refractivity contribution >= 4 is 17.8 Å². The molecule has 2 atom stereocenters. The number of amides is 2. The summed E-state index contributed by atoms with van der Waals surface area (Å²) in [7, 11) is 4.96. The van der Waals surface area contributed by atoms with Gasteiger partial charge in [0.1, 0.15) is 18.0 Å². The summed E-state index contributed by atoms with van der Waals surface area (Å²) in [5.41, 5.74) is 2.18. The minimum atomic E-state index is -1.17. The molecule has 1 heterocycles. The van der Waals surface area contributed by atoms with Gasteiger partial charge in [0.05, 0.1) is 6.61 Å². The van der Waals surface area contributed by atoms with Crippen LogP contribution in [0.3, 0.4) is 0 Å². The molecule has 3 N–H and O–H groups in total. The van der Waals surface area contributed by atoms with E-state index < -0.39 is 24.2 Å². The Balaban J connectivity index is 2.68. The van der Waals surface area contributed by atoms with Gasteiger partial charge in [-0.05, 0) is 56.2 Å². The molecule has 1 rings (SSSR count). The van der Waals surface area contributed by atoms with Crippen LogP contribution in [0.15, 0.2) is 12.1 Å². The number of aromatic nitrogens is 1. The summed E-state index contributed by atoms with van der Waals surface area (Å²) >= 11 is 0. The van der Waals surface area contributed by atoms with Crippen molar-refractivity contribution in [3.8, 4) is 0 Å². The first-order valence-corrected chi connectivity index (χ1v) is 12.9. The van der Waals surface area contributed by atoms with Crippen LogP contribution >= 0.6 is 0 Å². The number of halogens is 1. The van der Waals surface area contributed by atoms with E-state index in [9.17, 15) is 19.1 Å². The maximum Gasteiger partial charge on any atom is 0.326 e. The zero-order chi connectivity index (χ0) is 27.1. The van der Waals surface area contributed by atoms with E-state index in [0.29, 0.717) is 19.6 Å². The Labute approximate surface area is 215 Å². The van der Waals surface area contributed by atoms with Crippen LogP contribution in [-0.4, -0.2) is 98.1 Å². The summed E-state index contributed by atoms with van der Waals surface area (Å²) in [6.07, 6.45) is 2.41. The van der Waals surface area contributed by atoms with Crippen molar-refractivity contribution in [2.75, 3.05) is 59.3 Å². The second-order valence-electron chi connectivity index (χ2n) is 9.63. The molecule has 10 heteroatoms. The fourth-order valence-electron chi connectivity index (χ4n) is 4.08. The van der Waals surface area contributed by atoms with Gasteiger partial charge in [0.2, 0.25) is 0 Å². The molecule has 1 aromatic heterocycles.